The van der Waals surface area contributed by atoms with E-state index in [9.17, 15) is 24.3 Å². The van der Waals surface area contributed by atoms with Gasteiger partial charge in [-0.25, -0.2) is 4.79 Å². The number of methoxy groups -OCH3 is 1. The number of aliphatic carboxylic acids is 1. The lowest BCUT2D eigenvalue weighted by atomic mass is 9.76. The minimum Gasteiger partial charge on any atom is -0.480 e. The third-order valence-electron chi connectivity index (χ3n) is 8.73. The molecule has 0 radical (unpaired) electrons. The Labute approximate surface area is 261 Å². The first-order chi connectivity index (χ1) is 21.8. The van der Waals surface area contributed by atoms with Crippen molar-refractivity contribution >= 4 is 35.9 Å². The van der Waals surface area contributed by atoms with E-state index in [1.165, 1.54) is 7.11 Å². The number of nitrogens with one attached hydrogen (secondary N) is 1. The standard InChI is InChI=1S/C37H32N2O6/c1-45-35(42)29-20-16-27(17-21-29)23-39-33(40)30-31(34(39)41)37(36(43)44,22-26-10-6-3-7-11-26)38-32(30)28-18-14-25(15-19-28)13-12-24-8-4-2-5-9-24/h2-21,30-32,38H,22-23H2,1H3,(H,43,44)/b13-12+. The summed E-state index contributed by atoms with van der Waals surface area (Å²) >= 11 is 0. The number of carboxylic acids is 1. The van der Waals surface area contributed by atoms with Gasteiger partial charge in [-0.3, -0.25) is 24.6 Å². The second-order valence-corrected chi connectivity index (χ2v) is 11.4. The van der Waals surface area contributed by atoms with Crippen molar-refractivity contribution in [3.63, 3.8) is 0 Å². The van der Waals surface area contributed by atoms with E-state index in [1.54, 1.807) is 24.3 Å². The van der Waals surface area contributed by atoms with Crippen LogP contribution in [0.4, 0.5) is 0 Å². The van der Waals surface area contributed by atoms with Crippen LogP contribution in [-0.2, 0) is 32.1 Å². The summed E-state index contributed by atoms with van der Waals surface area (Å²) in [6, 6.07) is 32.4. The van der Waals surface area contributed by atoms with Crippen molar-refractivity contribution in [1.29, 1.82) is 0 Å². The van der Waals surface area contributed by atoms with E-state index in [1.807, 2.05) is 97.1 Å². The van der Waals surface area contributed by atoms with Gasteiger partial charge in [0.25, 0.3) is 0 Å². The number of rotatable bonds is 9. The second-order valence-electron chi connectivity index (χ2n) is 11.4. The molecule has 2 N–H and O–H groups in total. The molecular weight excluding hydrogens is 568 g/mol. The molecule has 4 aromatic rings. The Hall–Kier alpha value is -5.34. The fourth-order valence-corrected chi connectivity index (χ4v) is 6.48. The smallest absolute Gasteiger partial charge is 0.337 e. The summed E-state index contributed by atoms with van der Waals surface area (Å²) < 4.78 is 4.76. The minimum atomic E-state index is -1.71. The van der Waals surface area contributed by atoms with Crippen LogP contribution in [0.3, 0.4) is 0 Å². The first-order valence-electron chi connectivity index (χ1n) is 14.7. The number of ether oxygens (including phenoxy) is 1. The van der Waals surface area contributed by atoms with Crippen molar-refractivity contribution in [2.75, 3.05) is 7.11 Å². The molecule has 2 aliphatic rings. The van der Waals surface area contributed by atoms with Crippen molar-refractivity contribution in [3.8, 4) is 0 Å². The highest BCUT2D eigenvalue weighted by Gasteiger charge is 2.68. The quantitative estimate of drug-likeness (QED) is 0.155. The van der Waals surface area contributed by atoms with Crippen LogP contribution in [0.5, 0.6) is 0 Å². The molecule has 2 amide bonds. The minimum absolute atomic E-state index is 0.0272. The number of fused-ring (bicyclic) bond motifs is 1. The summed E-state index contributed by atoms with van der Waals surface area (Å²) in [5.41, 5.74) is 2.73. The van der Waals surface area contributed by atoms with Crippen molar-refractivity contribution in [3.05, 3.63) is 143 Å². The summed E-state index contributed by atoms with van der Waals surface area (Å²) in [5.74, 6) is -4.68. The molecule has 0 bridgehead atoms. The number of likely N-dealkylation sites (tertiary alicyclic amines) is 1. The van der Waals surface area contributed by atoms with Crippen LogP contribution >= 0.6 is 0 Å². The molecule has 2 saturated heterocycles. The van der Waals surface area contributed by atoms with Gasteiger partial charge in [-0.1, -0.05) is 109 Å². The van der Waals surface area contributed by atoms with Gasteiger partial charge in [-0.05, 0) is 39.9 Å². The number of imide groups is 1. The lowest BCUT2D eigenvalue weighted by Gasteiger charge is -2.31. The number of hydrogen-bond acceptors (Lipinski definition) is 6. The number of carbonyl (C=O) groups is 4. The molecule has 0 saturated carbocycles. The van der Waals surface area contributed by atoms with Crippen molar-refractivity contribution < 1.29 is 29.0 Å². The van der Waals surface area contributed by atoms with Gasteiger partial charge >= 0.3 is 11.9 Å². The van der Waals surface area contributed by atoms with Crippen molar-refractivity contribution in [1.82, 2.24) is 10.2 Å². The highest BCUT2D eigenvalue weighted by atomic mass is 16.5. The largest absolute Gasteiger partial charge is 0.480 e. The Balaban J connectivity index is 1.34. The van der Waals surface area contributed by atoms with Gasteiger partial charge in [0.2, 0.25) is 11.8 Å². The number of benzene rings is 4. The van der Waals surface area contributed by atoms with Crippen molar-refractivity contribution in [2.24, 2.45) is 11.8 Å². The average Bonchev–Trinajstić information content (AvgIpc) is 3.54. The topological polar surface area (TPSA) is 113 Å². The average molecular weight is 601 g/mol. The first-order valence-corrected chi connectivity index (χ1v) is 14.7. The zero-order valence-electron chi connectivity index (χ0n) is 24.6. The van der Waals surface area contributed by atoms with E-state index in [-0.39, 0.29) is 13.0 Å². The molecule has 2 fully saturated rings. The van der Waals surface area contributed by atoms with Gasteiger partial charge in [0.05, 0.1) is 31.1 Å². The van der Waals surface area contributed by atoms with Gasteiger partial charge in [0, 0.05) is 12.5 Å². The van der Waals surface area contributed by atoms with E-state index in [2.05, 4.69) is 5.32 Å². The molecule has 4 unspecified atom stereocenters. The molecule has 0 aliphatic carbocycles. The van der Waals surface area contributed by atoms with E-state index in [0.717, 1.165) is 27.2 Å². The van der Waals surface area contributed by atoms with Gasteiger partial charge in [-0.15, -0.1) is 0 Å². The highest BCUT2D eigenvalue weighted by Crippen LogP contribution is 2.50. The Bertz CT molecular complexity index is 1750. The van der Waals surface area contributed by atoms with Crippen molar-refractivity contribution in [2.45, 2.75) is 24.5 Å². The molecule has 45 heavy (non-hydrogen) atoms. The van der Waals surface area contributed by atoms with Crippen LogP contribution in [0.1, 0.15) is 44.2 Å². The zero-order valence-corrected chi connectivity index (χ0v) is 24.6. The summed E-state index contributed by atoms with van der Waals surface area (Å²) in [6.45, 7) is -0.0386. The Morgan fingerprint density at radius 2 is 1.40 bits per heavy atom. The first kappa shape index (κ1) is 29.7. The second kappa shape index (κ2) is 12.3. The summed E-state index contributed by atoms with van der Waals surface area (Å²) in [4.78, 5) is 54.4. The number of esters is 1. The van der Waals surface area contributed by atoms with E-state index in [0.29, 0.717) is 11.1 Å². The molecule has 0 aromatic heterocycles. The molecule has 6 rings (SSSR count). The zero-order chi connectivity index (χ0) is 31.6. The van der Waals surface area contributed by atoms with Gasteiger partial charge in [0.15, 0.2) is 0 Å². The maximum atomic E-state index is 14.1. The molecule has 4 atom stereocenters. The van der Waals surface area contributed by atoms with Crippen LogP contribution in [-0.4, -0.2) is 46.4 Å². The Morgan fingerprint density at radius 1 is 0.800 bits per heavy atom. The van der Waals surface area contributed by atoms with Crippen LogP contribution in [0.2, 0.25) is 0 Å². The number of carbonyl (C=O) groups excluding carboxylic acids is 3. The van der Waals surface area contributed by atoms with Crippen LogP contribution in [0.25, 0.3) is 12.2 Å². The van der Waals surface area contributed by atoms with E-state index >= 15 is 0 Å². The molecular formula is C37H32N2O6. The molecule has 226 valence electrons. The van der Waals surface area contributed by atoms with Crippen LogP contribution in [0.15, 0.2) is 109 Å². The SMILES string of the molecule is COC(=O)c1ccc(CN2C(=O)C3C(c4ccc(/C=C/c5ccccc5)cc4)NC(Cc4ccccc4)(C(=O)O)C3C2=O)cc1. The number of nitrogens with zero attached hydrogens (tertiary/aromatic N) is 1. The molecule has 4 aromatic carbocycles. The van der Waals surface area contributed by atoms with E-state index in [4.69, 9.17) is 4.74 Å². The summed E-state index contributed by atoms with van der Waals surface area (Å²) in [7, 11) is 1.29. The maximum absolute atomic E-state index is 14.1. The third-order valence-corrected chi connectivity index (χ3v) is 8.73. The van der Waals surface area contributed by atoms with Gasteiger partial charge in [-0.2, -0.15) is 0 Å². The molecule has 2 heterocycles. The number of hydrogen-bond donors (Lipinski definition) is 2. The maximum Gasteiger partial charge on any atom is 0.337 e. The molecule has 0 spiro atoms. The fourth-order valence-electron chi connectivity index (χ4n) is 6.48. The third kappa shape index (κ3) is 5.68. The summed E-state index contributed by atoms with van der Waals surface area (Å²) in [6.07, 6.45) is 4.01. The molecule has 2 aliphatic heterocycles. The van der Waals surface area contributed by atoms with E-state index < -0.39 is 47.2 Å². The lowest BCUT2D eigenvalue weighted by Crippen LogP contribution is -2.57. The van der Waals surface area contributed by atoms with Gasteiger partial charge in [0.1, 0.15) is 5.54 Å². The van der Waals surface area contributed by atoms with Crippen LogP contribution in [0, 0.1) is 11.8 Å². The summed E-state index contributed by atoms with van der Waals surface area (Å²) in [5, 5.41) is 14.0. The molecule has 8 heteroatoms. The lowest BCUT2D eigenvalue weighted by molar-refractivity contribution is -0.151. The van der Waals surface area contributed by atoms with Crippen LogP contribution < -0.4 is 5.32 Å². The predicted octanol–water partition coefficient (Wildman–Crippen LogP) is 5.16. The molecule has 8 nitrogen and oxygen atoms in total. The Kier molecular flexibility index (Phi) is 8.15. The number of carboxylic acid groups (broad SMARTS) is 1. The number of amides is 2. The van der Waals surface area contributed by atoms with Gasteiger partial charge < -0.3 is 9.84 Å². The predicted molar refractivity (Wildman–Crippen MR) is 169 cm³/mol. The normalized spacial score (nSPS) is 22.5. The Morgan fingerprint density at radius 3 is 2.00 bits per heavy atom. The fraction of sp³-hybridized carbons (Fsp3) is 0.189. The highest BCUT2D eigenvalue weighted by molar-refractivity contribution is 6.09. The monoisotopic (exact) mass is 600 g/mol.